The molecule has 0 spiro atoms. The predicted molar refractivity (Wildman–Crippen MR) is 101 cm³/mol. The van der Waals surface area contributed by atoms with E-state index < -0.39 is 0 Å². The summed E-state index contributed by atoms with van der Waals surface area (Å²) in [7, 11) is 1.69. The molecule has 1 aliphatic heterocycles. The quantitative estimate of drug-likeness (QED) is 0.769. The highest BCUT2D eigenvalue weighted by Crippen LogP contribution is 2.24. The molecule has 1 amide bonds. The van der Waals surface area contributed by atoms with Crippen LogP contribution in [0.5, 0.6) is 0 Å². The molecule has 1 heterocycles. The van der Waals surface area contributed by atoms with Gasteiger partial charge in [-0.2, -0.15) is 0 Å². The summed E-state index contributed by atoms with van der Waals surface area (Å²) in [5, 5.41) is 0. The molecule has 0 aromatic heterocycles. The van der Waals surface area contributed by atoms with E-state index in [9.17, 15) is 4.79 Å². The number of nitrogens with two attached hydrogens (primary N) is 1. The number of carbonyl (C=O) groups is 1. The first-order chi connectivity index (χ1) is 11.5. The number of hydrogen-bond donors (Lipinski definition) is 1. The third-order valence-electron chi connectivity index (χ3n) is 4.90. The molecule has 2 rings (SSSR count). The van der Waals surface area contributed by atoms with Crippen LogP contribution in [0, 0.1) is 11.8 Å². The Morgan fingerprint density at radius 3 is 2.96 bits per heavy atom. The first-order valence-electron chi connectivity index (χ1n) is 8.79. The number of rotatable bonds is 7. The van der Waals surface area contributed by atoms with E-state index in [0.717, 1.165) is 43.2 Å². The molecule has 0 radical (unpaired) electrons. The number of amides is 1. The standard InChI is InChI=1S/C19H29BrN2O2/c1-14(21)17-6-4-9-22(13-17)19(23)16(8-10-24-2)11-15-5-3-7-18(20)12-15/h3,5,7,12,14,16-17H,4,6,8-11,13,21H2,1-2H3. The van der Waals surface area contributed by atoms with Crippen molar-refractivity contribution in [2.75, 3.05) is 26.8 Å². The second-order valence-corrected chi connectivity index (χ2v) is 7.77. The third kappa shape index (κ3) is 5.57. The highest BCUT2D eigenvalue weighted by molar-refractivity contribution is 9.10. The molecule has 1 aromatic rings. The van der Waals surface area contributed by atoms with Gasteiger partial charge in [-0.25, -0.2) is 0 Å². The molecule has 3 unspecified atom stereocenters. The molecule has 1 aromatic carbocycles. The lowest BCUT2D eigenvalue weighted by Crippen LogP contribution is -2.47. The molecule has 1 saturated heterocycles. The normalized spacial score (nSPS) is 20.7. The summed E-state index contributed by atoms with van der Waals surface area (Å²) in [6, 6.07) is 8.34. The molecule has 4 nitrogen and oxygen atoms in total. The van der Waals surface area contributed by atoms with Crippen molar-refractivity contribution in [3.63, 3.8) is 0 Å². The summed E-state index contributed by atoms with van der Waals surface area (Å²) in [6.45, 7) is 4.29. The van der Waals surface area contributed by atoms with Crippen molar-refractivity contribution in [3.8, 4) is 0 Å². The average molecular weight is 397 g/mol. The molecule has 1 fully saturated rings. The fourth-order valence-corrected chi connectivity index (χ4v) is 3.87. The number of piperidine rings is 1. The summed E-state index contributed by atoms with van der Waals surface area (Å²) in [5.41, 5.74) is 7.24. The topological polar surface area (TPSA) is 55.6 Å². The van der Waals surface area contributed by atoms with Gasteiger partial charge in [-0.05, 0) is 56.2 Å². The van der Waals surface area contributed by atoms with E-state index in [1.165, 1.54) is 5.56 Å². The van der Waals surface area contributed by atoms with E-state index in [4.69, 9.17) is 10.5 Å². The molecule has 3 atom stereocenters. The van der Waals surface area contributed by atoms with Gasteiger partial charge < -0.3 is 15.4 Å². The minimum atomic E-state index is -0.0360. The fraction of sp³-hybridized carbons (Fsp3) is 0.632. The first-order valence-corrected chi connectivity index (χ1v) is 9.58. The minimum absolute atomic E-state index is 0.0360. The van der Waals surface area contributed by atoms with Crippen LogP contribution in [-0.4, -0.2) is 43.7 Å². The summed E-state index contributed by atoms with van der Waals surface area (Å²) in [6.07, 6.45) is 3.67. The molecule has 5 heteroatoms. The Hall–Kier alpha value is -0.910. The Balaban J connectivity index is 2.06. The summed E-state index contributed by atoms with van der Waals surface area (Å²) >= 11 is 3.51. The molecule has 0 saturated carbocycles. The highest BCUT2D eigenvalue weighted by Gasteiger charge is 2.30. The van der Waals surface area contributed by atoms with E-state index in [1.54, 1.807) is 7.11 Å². The molecule has 24 heavy (non-hydrogen) atoms. The van der Waals surface area contributed by atoms with Crippen LogP contribution in [0.3, 0.4) is 0 Å². The van der Waals surface area contributed by atoms with Crippen LogP contribution in [-0.2, 0) is 16.0 Å². The highest BCUT2D eigenvalue weighted by atomic mass is 79.9. The lowest BCUT2D eigenvalue weighted by Gasteiger charge is -2.36. The molecule has 1 aliphatic rings. The zero-order valence-electron chi connectivity index (χ0n) is 14.7. The van der Waals surface area contributed by atoms with Crippen molar-refractivity contribution in [2.24, 2.45) is 17.6 Å². The molecule has 134 valence electrons. The number of hydrogen-bond acceptors (Lipinski definition) is 3. The average Bonchev–Trinajstić information content (AvgIpc) is 2.58. The smallest absolute Gasteiger partial charge is 0.226 e. The number of halogens is 1. The van der Waals surface area contributed by atoms with Crippen LogP contribution in [0.4, 0.5) is 0 Å². The molecule has 0 aliphatic carbocycles. The molecule has 0 bridgehead atoms. The van der Waals surface area contributed by atoms with Crippen LogP contribution in [0.15, 0.2) is 28.7 Å². The van der Waals surface area contributed by atoms with Crippen LogP contribution < -0.4 is 5.73 Å². The van der Waals surface area contributed by atoms with Crippen LogP contribution in [0.2, 0.25) is 0 Å². The van der Waals surface area contributed by atoms with E-state index in [-0.39, 0.29) is 17.9 Å². The van der Waals surface area contributed by atoms with Gasteiger partial charge in [0.1, 0.15) is 0 Å². The van der Waals surface area contributed by atoms with Crippen molar-refractivity contribution in [1.82, 2.24) is 4.90 Å². The van der Waals surface area contributed by atoms with Gasteiger partial charge in [0.05, 0.1) is 0 Å². The zero-order valence-corrected chi connectivity index (χ0v) is 16.3. The second kappa shape index (κ2) is 9.54. The molecular formula is C19H29BrN2O2. The molecular weight excluding hydrogens is 368 g/mol. The van der Waals surface area contributed by atoms with Crippen molar-refractivity contribution < 1.29 is 9.53 Å². The van der Waals surface area contributed by atoms with Crippen LogP contribution >= 0.6 is 15.9 Å². The fourth-order valence-electron chi connectivity index (χ4n) is 3.42. The Morgan fingerprint density at radius 1 is 1.50 bits per heavy atom. The van der Waals surface area contributed by atoms with E-state index in [2.05, 4.69) is 28.1 Å². The van der Waals surface area contributed by atoms with E-state index in [1.807, 2.05) is 24.0 Å². The predicted octanol–water partition coefficient (Wildman–Crippen LogP) is 3.23. The Kier molecular flexibility index (Phi) is 7.72. The van der Waals surface area contributed by atoms with Gasteiger partial charge in [-0.3, -0.25) is 4.79 Å². The van der Waals surface area contributed by atoms with Gasteiger partial charge in [0.15, 0.2) is 0 Å². The lowest BCUT2D eigenvalue weighted by atomic mass is 9.89. The maximum atomic E-state index is 13.1. The number of benzene rings is 1. The Morgan fingerprint density at radius 2 is 2.29 bits per heavy atom. The van der Waals surface area contributed by atoms with Gasteiger partial charge in [-0.15, -0.1) is 0 Å². The summed E-state index contributed by atoms with van der Waals surface area (Å²) in [5.74, 6) is 0.625. The van der Waals surface area contributed by atoms with Crippen LogP contribution in [0.25, 0.3) is 0 Å². The summed E-state index contributed by atoms with van der Waals surface area (Å²) < 4.78 is 6.28. The number of methoxy groups -OCH3 is 1. The largest absolute Gasteiger partial charge is 0.385 e. The van der Waals surface area contributed by atoms with E-state index >= 15 is 0 Å². The SMILES string of the molecule is COCCC(Cc1cccc(Br)c1)C(=O)N1CCCC(C(C)N)C1. The number of carbonyl (C=O) groups excluding carboxylic acids is 1. The Labute approximate surface area is 153 Å². The maximum Gasteiger partial charge on any atom is 0.226 e. The van der Waals surface area contributed by atoms with Crippen molar-refractivity contribution in [1.29, 1.82) is 0 Å². The summed E-state index contributed by atoms with van der Waals surface area (Å²) in [4.78, 5) is 15.1. The van der Waals surface area contributed by atoms with Gasteiger partial charge in [0.25, 0.3) is 0 Å². The van der Waals surface area contributed by atoms with E-state index in [0.29, 0.717) is 12.5 Å². The minimum Gasteiger partial charge on any atom is -0.385 e. The van der Waals surface area contributed by atoms with Gasteiger partial charge in [-0.1, -0.05) is 28.1 Å². The maximum absolute atomic E-state index is 13.1. The first kappa shape index (κ1) is 19.4. The van der Waals surface area contributed by atoms with Gasteiger partial charge in [0, 0.05) is 43.2 Å². The molecule has 2 N–H and O–H groups in total. The van der Waals surface area contributed by atoms with Crippen molar-refractivity contribution in [2.45, 2.75) is 38.6 Å². The van der Waals surface area contributed by atoms with Gasteiger partial charge in [0.2, 0.25) is 5.91 Å². The zero-order chi connectivity index (χ0) is 17.5. The van der Waals surface area contributed by atoms with Crippen molar-refractivity contribution >= 4 is 21.8 Å². The monoisotopic (exact) mass is 396 g/mol. The third-order valence-corrected chi connectivity index (χ3v) is 5.40. The number of likely N-dealkylation sites (tertiary alicyclic amines) is 1. The van der Waals surface area contributed by atoms with Crippen LogP contribution in [0.1, 0.15) is 31.7 Å². The Bertz CT molecular complexity index is 536. The number of nitrogens with zero attached hydrogens (tertiary/aromatic N) is 1. The van der Waals surface area contributed by atoms with Crippen molar-refractivity contribution in [3.05, 3.63) is 34.3 Å². The second-order valence-electron chi connectivity index (χ2n) is 6.86. The van der Waals surface area contributed by atoms with Gasteiger partial charge >= 0.3 is 0 Å². The lowest BCUT2D eigenvalue weighted by molar-refractivity contribution is -0.138. The number of ether oxygens (including phenoxy) is 1.